The van der Waals surface area contributed by atoms with Gasteiger partial charge in [0.2, 0.25) is 0 Å². The number of hydrogen-bond donors (Lipinski definition) is 4. The van der Waals surface area contributed by atoms with Crippen LogP contribution in [0, 0.1) is 5.92 Å². The van der Waals surface area contributed by atoms with Crippen LogP contribution in [0.5, 0.6) is 0 Å². The van der Waals surface area contributed by atoms with E-state index in [0.717, 1.165) is 5.70 Å². The van der Waals surface area contributed by atoms with Gasteiger partial charge in [-0.3, -0.25) is 0 Å². The van der Waals surface area contributed by atoms with E-state index >= 15 is 0 Å². The summed E-state index contributed by atoms with van der Waals surface area (Å²) in [5, 5.41) is 20.3. The largest absolute Gasteiger partial charge is 0.378 e. The fourth-order valence-corrected chi connectivity index (χ4v) is 1.11. The summed E-state index contributed by atoms with van der Waals surface area (Å²) in [4.78, 5) is 0. The fraction of sp³-hybridized carbons (Fsp3) is 0.500. The Labute approximate surface area is 71.4 Å². The van der Waals surface area contributed by atoms with Crippen LogP contribution in [0.4, 0.5) is 0 Å². The lowest BCUT2D eigenvalue weighted by molar-refractivity contribution is 0.137. The molecule has 0 bridgehead atoms. The molecule has 0 radical (unpaired) electrons. The standard InChI is InChI=1S/C8H14N2O2/c9-8(12)6-1-3-7(4-2-6)10-5-11/h1,3-4,6,8,10-12H,2,5,9H2. The van der Waals surface area contributed by atoms with Crippen molar-refractivity contribution in [1.82, 2.24) is 5.32 Å². The first kappa shape index (κ1) is 9.25. The summed E-state index contributed by atoms with van der Waals surface area (Å²) in [6.45, 7) is -0.0774. The molecule has 0 spiro atoms. The van der Waals surface area contributed by atoms with Crippen LogP contribution in [0.15, 0.2) is 23.9 Å². The van der Waals surface area contributed by atoms with E-state index in [9.17, 15) is 0 Å². The Balaban J connectivity index is 2.44. The van der Waals surface area contributed by atoms with Crippen LogP contribution in [0.3, 0.4) is 0 Å². The molecule has 2 unspecified atom stereocenters. The molecule has 0 saturated heterocycles. The highest BCUT2D eigenvalue weighted by atomic mass is 16.3. The number of rotatable bonds is 3. The van der Waals surface area contributed by atoms with Crippen molar-refractivity contribution in [3.05, 3.63) is 23.9 Å². The fourth-order valence-electron chi connectivity index (χ4n) is 1.11. The molecule has 12 heavy (non-hydrogen) atoms. The SMILES string of the molecule is NC(O)C1C=CC(NCO)=CC1. The van der Waals surface area contributed by atoms with Gasteiger partial charge in [0, 0.05) is 11.6 Å². The third kappa shape index (κ3) is 2.34. The molecule has 0 fully saturated rings. The number of nitrogens with one attached hydrogen (secondary N) is 1. The van der Waals surface area contributed by atoms with Gasteiger partial charge in [-0.1, -0.05) is 12.2 Å². The van der Waals surface area contributed by atoms with Crippen molar-refractivity contribution in [2.24, 2.45) is 11.7 Å². The van der Waals surface area contributed by atoms with Gasteiger partial charge in [-0.25, -0.2) is 0 Å². The Morgan fingerprint density at radius 3 is 2.92 bits per heavy atom. The number of aliphatic hydroxyl groups is 2. The molecule has 0 aromatic heterocycles. The monoisotopic (exact) mass is 170 g/mol. The molecule has 1 aliphatic carbocycles. The zero-order valence-corrected chi connectivity index (χ0v) is 6.77. The summed E-state index contributed by atoms with van der Waals surface area (Å²) in [7, 11) is 0. The predicted octanol–water partition coefficient (Wildman–Crippen LogP) is -0.737. The minimum absolute atomic E-state index is 0.00533. The summed E-state index contributed by atoms with van der Waals surface area (Å²) in [5.74, 6) is -0.00533. The van der Waals surface area contributed by atoms with Gasteiger partial charge >= 0.3 is 0 Å². The van der Waals surface area contributed by atoms with Crippen molar-refractivity contribution in [3.8, 4) is 0 Å². The molecule has 0 heterocycles. The quantitative estimate of drug-likeness (QED) is 0.421. The molecule has 0 saturated carbocycles. The van der Waals surface area contributed by atoms with E-state index in [1.807, 2.05) is 12.2 Å². The van der Waals surface area contributed by atoms with Crippen LogP contribution in [-0.4, -0.2) is 23.2 Å². The number of allylic oxidation sites excluding steroid dienone is 2. The summed E-state index contributed by atoms with van der Waals surface area (Å²) in [6.07, 6.45) is 5.45. The molecule has 0 amide bonds. The number of aliphatic hydroxyl groups excluding tert-OH is 2. The van der Waals surface area contributed by atoms with Crippen molar-refractivity contribution in [1.29, 1.82) is 0 Å². The van der Waals surface area contributed by atoms with E-state index in [4.69, 9.17) is 15.9 Å². The van der Waals surface area contributed by atoms with Gasteiger partial charge in [-0.15, -0.1) is 0 Å². The van der Waals surface area contributed by atoms with E-state index in [2.05, 4.69) is 5.32 Å². The molecule has 4 nitrogen and oxygen atoms in total. The van der Waals surface area contributed by atoms with Crippen LogP contribution in [0.1, 0.15) is 6.42 Å². The lowest BCUT2D eigenvalue weighted by atomic mass is 9.98. The third-order valence-electron chi connectivity index (χ3n) is 1.85. The molecule has 5 N–H and O–H groups in total. The highest BCUT2D eigenvalue weighted by Gasteiger charge is 2.13. The van der Waals surface area contributed by atoms with Crippen molar-refractivity contribution >= 4 is 0 Å². The van der Waals surface area contributed by atoms with Crippen LogP contribution >= 0.6 is 0 Å². The number of nitrogens with two attached hydrogens (primary N) is 1. The Hall–Kier alpha value is -0.840. The Morgan fingerprint density at radius 1 is 1.75 bits per heavy atom. The molecular formula is C8H14N2O2. The lowest BCUT2D eigenvalue weighted by Gasteiger charge is -2.18. The van der Waals surface area contributed by atoms with Crippen LogP contribution in [0.2, 0.25) is 0 Å². The smallest absolute Gasteiger partial charge is 0.113 e. The molecule has 0 aliphatic heterocycles. The van der Waals surface area contributed by atoms with Gasteiger partial charge in [0.05, 0.1) is 0 Å². The molecular weight excluding hydrogens is 156 g/mol. The van der Waals surface area contributed by atoms with Crippen LogP contribution in [0.25, 0.3) is 0 Å². The Bertz CT molecular complexity index is 199. The minimum atomic E-state index is -0.798. The Morgan fingerprint density at radius 2 is 2.50 bits per heavy atom. The molecule has 0 aromatic carbocycles. The minimum Gasteiger partial charge on any atom is -0.378 e. The van der Waals surface area contributed by atoms with Crippen LogP contribution in [-0.2, 0) is 0 Å². The van der Waals surface area contributed by atoms with Gasteiger partial charge in [0.1, 0.15) is 13.0 Å². The summed E-state index contributed by atoms with van der Waals surface area (Å²) in [5.41, 5.74) is 6.16. The van der Waals surface area contributed by atoms with Crippen molar-refractivity contribution in [3.63, 3.8) is 0 Å². The highest BCUT2D eigenvalue weighted by molar-refractivity contribution is 5.22. The van der Waals surface area contributed by atoms with E-state index in [1.165, 1.54) is 0 Å². The maximum atomic E-state index is 9.02. The first-order valence-electron chi connectivity index (χ1n) is 3.91. The number of hydrogen-bond acceptors (Lipinski definition) is 4. The molecule has 1 aliphatic rings. The zero-order chi connectivity index (χ0) is 8.97. The molecule has 2 atom stereocenters. The van der Waals surface area contributed by atoms with Crippen LogP contribution < -0.4 is 11.1 Å². The summed E-state index contributed by atoms with van der Waals surface area (Å²) >= 11 is 0. The van der Waals surface area contributed by atoms with Crippen molar-refractivity contribution in [2.75, 3.05) is 6.73 Å². The van der Waals surface area contributed by atoms with E-state index in [1.54, 1.807) is 6.08 Å². The summed E-state index contributed by atoms with van der Waals surface area (Å²) in [6, 6.07) is 0. The van der Waals surface area contributed by atoms with Gasteiger partial charge < -0.3 is 21.3 Å². The molecule has 4 heteroatoms. The predicted molar refractivity (Wildman–Crippen MR) is 45.7 cm³/mol. The molecule has 0 aromatic rings. The second kappa shape index (κ2) is 4.25. The van der Waals surface area contributed by atoms with Gasteiger partial charge in [-0.05, 0) is 12.5 Å². The third-order valence-corrected chi connectivity index (χ3v) is 1.85. The van der Waals surface area contributed by atoms with E-state index in [-0.39, 0.29) is 12.6 Å². The average molecular weight is 170 g/mol. The van der Waals surface area contributed by atoms with Crippen molar-refractivity contribution in [2.45, 2.75) is 12.6 Å². The van der Waals surface area contributed by atoms with Gasteiger partial charge in [-0.2, -0.15) is 0 Å². The van der Waals surface area contributed by atoms with E-state index in [0.29, 0.717) is 6.42 Å². The highest BCUT2D eigenvalue weighted by Crippen LogP contribution is 2.15. The first-order valence-corrected chi connectivity index (χ1v) is 3.91. The van der Waals surface area contributed by atoms with E-state index < -0.39 is 6.23 Å². The molecule has 68 valence electrons. The Kier molecular flexibility index (Phi) is 3.28. The topological polar surface area (TPSA) is 78.5 Å². The second-order valence-electron chi connectivity index (χ2n) is 2.74. The maximum absolute atomic E-state index is 9.02. The average Bonchev–Trinajstić information content (AvgIpc) is 2.06. The van der Waals surface area contributed by atoms with Crippen molar-refractivity contribution < 1.29 is 10.2 Å². The summed E-state index contributed by atoms with van der Waals surface area (Å²) < 4.78 is 0. The van der Waals surface area contributed by atoms with Gasteiger partial charge in [0.15, 0.2) is 0 Å². The second-order valence-corrected chi connectivity index (χ2v) is 2.74. The lowest BCUT2D eigenvalue weighted by Crippen LogP contribution is -2.29. The maximum Gasteiger partial charge on any atom is 0.113 e. The van der Waals surface area contributed by atoms with Gasteiger partial charge in [0.25, 0.3) is 0 Å². The normalized spacial score (nSPS) is 24.9. The molecule has 1 rings (SSSR count). The zero-order valence-electron chi connectivity index (χ0n) is 6.77. The first-order chi connectivity index (χ1) is 5.74.